The number of thiocarbonyl (C=S) groups is 1. The number of ether oxygens (including phenoxy) is 1. The van der Waals surface area contributed by atoms with Crippen molar-refractivity contribution in [1.29, 1.82) is 0 Å². The van der Waals surface area contributed by atoms with Crippen LogP contribution in [-0.4, -0.2) is 35.2 Å². The quantitative estimate of drug-likeness (QED) is 0.365. The monoisotopic (exact) mass is 426 g/mol. The summed E-state index contributed by atoms with van der Waals surface area (Å²) in [6.45, 7) is 0.254. The van der Waals surface area contributed by atoms with Gasteiger partial charge in [-0.25, -0.2) is 0 Å². The molecule has 2 aromatic rings. The van der Waals surface area contributed by atoms with Crippen molar-refractivity contribution in [3.63, 3.8) is 0 Å². The van der Waals surface area contributed by atoms with Gasteiger partial charge in [0.15, 0.2) is 0 Å². The molecule has 0 amide bonds. The van der Waals surface area contributed by atoms with E-state index < -0.39 is 0 Å². The molecule has 0 aromatic heterocycles. The lowest BCUT2D eigenvalue weighted by Crippen LogP contribution is -2.49. The average Bonchev–Trinajstić information content (AvgIpc) is 2.96. The molecule has 2 aliphatic heterocycles. The molecule has 0 N–H and O–H groups in total. The smallest absolute Gasteiger partial charge is 0.311 e. The fourth-order valence-electron chi connectivity index (χ4n) is 4.81. The molecule has 4 rings (SSSR count). The molecule has 2 heterocycles. The molecule has 2 bridgehead atoms. The van der Waals surface area contributed by atoms with Gasteiger partial charge in [-0.3, -0.25) is 9.69 Å². The summed E-state index contributed by atoms with van der Waals surface area (Å²) in [6.07, 6.45) is 3.14. The number of fused-ring (bicyclic) bond motifs is 2. The third-order valence-electron chi connectivity index (χ3n) is 6.33. The molecule has 2 aliphatic rings. The van der Waals surface area contributed by atoms with Crippen LogP contribution in [0.25, 0.3) is 0 Å². The van der Waals surface area contributed by atoms with Gasteiger partial charge >= 0.3 is 5.97 Å². The van der Waals surface area contributed by atoms with E-state index in [4.69, 9.17) is 16.3 Å². The zero-order valence-electron chi connectivity index (χ0n) is 16.3. The first-order chi connectivity index (χ1) is 14.1. The van der Waals surface area contributed by atoms with E-state index in [1.807, 2.05) is 48.5 Å². The first kappa shape index (κ1) is 20.2. The molecule has 150 valence electrons. The molecular formula is C23H23ClN2O2S. The topological polar surface area (TPSA) is 41.9 Å². The van der Waals surface area contributed by atoms with Crippen LogP contribution in [0.1, 0.15) is 36.3 Å². The average molecular weight is 427 g/mol. The minimum absolute atomic E-state index is 0.122. The van der Waals surface area contributed by atoms with Crippen LogP contribution >= 0.6 is 23.8 Å². The van der Waals surface area contributed by atoms with Crippen molar-refractivity contribution in [1.82, 2.24) is 4.90 Å². The van der Waals surface area contributed by atoms with Crippen LogP contribution in [-0.2, 0) is 16.1 Å². The van der Waals surface area contributed by atoms with Crippen molar-refractivity contribution >= 4 is 40.6 Å². The summed E-state index contributed by atoms with van der Waals surface area (Å²) in [5.41, 5.74) is 2.84. The highest BCUT2D eigenvalue weighted by Crippen LogP contribution is 2.46. The lowest BCUT2D eigenvalue weighted by molar-refractivity contribution is -0.154. The lowest BCUT2D eigenvalue weighted by Gasteiger charge is -2.42. The lowest BCUT2D eigenvalue weighted by atomic mass is 9.76. The molecule has 0 spiro atoms. The second-order valence-corrected chi connectivity index (χ2v) is 8.48. The van der Waals surface area contributed by atoms with Crippen LogP contribution < -0.4 is 0 Å². The number of isothiocyanates is 1. The standard InChI is InChI=1S/C23H23ClN2O2S/c1-26-19-10-11-21(26)22(20(12-19)16-4-6-17(24)7-5-16)23(27)28-13-15-2-8-18(9-3-15)25-14-29/h2-9,19-22H,10-13H2,1H3/t19?,20-,21?,22+/m1/s1. The Hall–Kier alpha value is -2.04. The number of benzene rings is 2. The second kappa shape index (κ2) is 8.76. The van der Waals surface area contributed by atoms with Crippen molar-refractivity contribution in [2.24, 2.45) is 10.9 Å². The van der Waals surface area contributed by atoms with Gasteiger partial charge in [-0.1, -0.05) is 35.9 Å². The minimum Gasteiger partial charge on any atom is -0.461 e. The summed E-state index contributed by atoms with van der Waals surface area (Å²) >= 11 is 10.7. The van der Waals surface area contributed by atoms with Crippen LogP contribution in [0.3, 0.4) is 0 Å². The van der Waals surface area contributed by atoms with E-state index in [1.165, 1.54) is 5.56 Å². The Morgan fingerprint density at radius 2 is 1.93 bits per heavy atom. The normalized spacial score (nSPS) is 26.0. The predicted molar refractivity (Wildman–Crippen MR) is 118 cm³/mol. The van der Waals surface area contributed by atoms with Crippen LogP contribution in [0, 0.1) is 5.92 Å². The Balaban J connectivity index is 1.51. The number of hydrogen-bond acceptors (Lipinski definition) is 5. The number of carbonyl (C=O) groups excluding carboxylic acids is 1. The Kier molecular flexibility index (Phi) is 6.12. The Bertz CT molecular complexity index is 925. The molecule has 0 radical (unpaired) electrons. The van der Waals surface area contributed by atoms with Gasteiger partial charge in [-0.2, -0.15) is 4.99 Å². The summed E-state index contributed by atoms with van der Waals surface area (Å²) in [4.78, 5) is 19.5. The van der Waals surface area contributed by atoms with Gasteiger partial charge < -0.3 is 4.74 Å². The maximum absolute atomic E-state index is 13.2. The van der Waals surface area contributed by atoms with Crippen molar-refractivity contribution in [3.05, 3.63) is 64.7 Å². The number of rotatable bonds is 5. The largest absolute Gasteiger partial charge is 0.461 e. The second-order valence-electron chi connectivity index (χ2n) is 7.86. The molecule has 6 heteroatoms. The molecule has 2 aromatic carbocycles. The number of halogens is 1. The third-order valence-corrected chi connectivity index (χ3v) is 6.67. The van der Waals surface area contributed by atoms with Crippen molar-refractivity contribution < 1.29 is 9.53 Å². The van der Waals surface area contributed by atoms with Crippen molar-refractivity contribution in [3.8, 4) is 0 Å². The van der Waals surface area contributed by atoms with E-state index >= 15 is 0 Å². The van der Waals surface area contributed by atoms with Gasteiger partial charge in [0.1, 0.15) is 6.61 Å². The number of hydrogen-bond donors (Lipinski definition) is 0. The molecular weight excluding hydrogens is 404 g/mol. The maximum atomic E-state index is 13.2. The van der Waals surface area contributed by atoms with Crippen molar-refractivity contribution in [2.45, 2.75) is 43.9 Å². The molecule has 2 unspecified atom stereocenters. The van der Waals surface area contributed by atoms with Gasteiger partial charge in [0.05, 0.1) is 16.8 Å². The first-order valence-corrected chi connectivity index (χ1v) is 10.7. The number of carbonyl (C=O) groups is 1. The molecule has 0 saturated carbocycles. The van der Waals surface area contributed by atoms with Gasteiger partial charge in [0.2, 0.25) is 0 Å². The maximum Gasteiger partial charge on any atom is 0.311 e. The SMILES string of the molecule is CN1C2CCC1[C@@H](C(=O)OCc1ccc(N=C=S)cc1)[C@@H](c1ccc(Cl)cc1)C2. The van der Waals surface area contributed by atoms with E-state index in [9.17, 15) is 4.79 Å². The molecule has 29 heavy (non-hydrogen) atoms. The van der Waals surface area contributed by atoms with E-state index in [0.29, 0.717) is 11.1 Å². The Morgan fingerprint density at radius 1 is 1.21 bits per heavy atom. The number of nitrogens with zero attached hydrogens (tertiary/aromatic N) is 2. The van der Waals surface area contributed by atoms with E-state index in [0.717, 1.165) is 30.5 Å². The zero-order chi connectivity index (χ0) is 20.4. The van der Waals surface area contributed by atoms with Gasteiger partial charge in [-0.05, 0) is 73.9 Å². The summed E-state index contributed by atoms with van der Waals surface area (Å²) in [5, 5.41) is 3.06. The third kappa shape index (κ3) is 4.29. The van der Waals surface area contributed by atoms with Crippen LogP contribution in [0.2, 0.25) is 5.02 Å². The van der Waals surface area contributed by atoms with E-state index in [2.05, 4.69) is 34.3 Å². The van der Waals surface area contributed by atoms with Gasteiger partial charge in [-0.15, -0.1) is 0 Å². The molecule has 4 nitrogen and oxygen atoms in total. The molecule has 2 fully saturated rings. The summed E-state index contributed by atoms with van der Waals surface area (Å²) in [5.74, 6) is -0.130. The first-order valence-electron chi connectivity index (χ1n) is 9.87. The highest BCUT2D eigenvalue weighted by atomic mass is 35.5. The summed E-state index contributed by atoms with van der Waals surface area (Å²) in [6, 6.07) is 16.1. The van der Waals surface area contributed by atoms with Crippen LogP contribution in [0.4, 0.5) is 5.69 Å². The fourth-order valence-corrected chi connectivity index (χ4v) is 5.04. The summed E-state index contributed by atoms with van der Waals surface area (Å²) < 4.78 is 5.78. The zero-order valence-corrected chi connectivity index (χ0v) is 17.8. The van der Waals surface area contributed by atoms with Crippen LogP contribution in [0.15, 0.2) is 53.5 Å². The minimum atomic E-state index is -0.168. The molecule has 2 saturated heterocycles. The molecule has 4 atom stereocenters. The van der Waals surface area contributed by atoms with Crippen LogP contribution in [0.5, 0.6) is 0 Å². The number of piperidine rings is 1. The van der Waals surface area contributed by atoms with E-state index in [-0.39, 0.29) is 30.5 Å². The van der Waals surface area contributed by atoms with Gasteiger partial charge in [0.25, 0.3) is 0 Å². The van der Waals surface area contributed by atoms with E-state index in [1.54, 1.807) is 0 Å². The Labute approximate surface area is 181 Å². The molecule has 0 aliphatic carbocycles. The summed E-state index contributed by atoms with van der Waals surface area (Å²) in [7, 11) is 2.14. The highest BCUT2D eigenvalue weighted by Gasteiger charge is 2.49. The van der Waals surface area contributed by atoms with Gasteiger partial charge in [0, 0.05) is 23.0 Å². The fraction of sp³-hybridized carbons (Fsp3) is 0.391. The van der Waals surface area contributed by atoms with Crippen molar-refractivity contribution in [2.75, 3.05) is 7.05 Å². The number of aliphatic imine (C=N–C) groups is 1. The highest BCUT2D eigenvalue weighted by molar-refractivity contribution is 7.78. The predicted octanol–water partition coefficient (Wildman–Crippen LogP) is 5.38. The Morgan fingerprint density at radius 3 is 2.62 bits per heavy atom. The number of esters is 1.